The summed E-state index contributed by atoms with van der Waals surface area (Å²) >= 11 is 0. The van der Waals surface area contributed by atoms with Crippen molar-refractivity contribution in [2.24, 2.45) is 5.92 Å². The summed E-state index contributed by atoms with van der Waals surface area (Å²) in [6.45, 7) is 0.515. The van der Waals surface area contributed by atoms with Gasteiger partial charge in [0.15, 0.2) is 0 Å². The number of nitrogens with zero attached hydrogens (tertiary/aromatic N) is 3. The number of hydrogen-bond donors (Lipinski definition) is 4. The van der Waals surface area contributed by atoms with Gasteiger partial charge in [0.05, 0.1) is 5.69 Å². The van der Waals surface area contributed by atoms with E-state index in [-0.39, 0.29) is 0 Å². The molecule has 0 saturated heterocycles. The van der Waals surface area contributed by atoms with Crippen molar-refractivity contribution >= 4 is 28.3 Å². The highest BCUT2D eigenvalue weighted by atomic mass is 16.4. The topological polar surface area (TPSA) is 121 Å². The monoisotopic (exact) mass is 404 g/mol. The number of nitrogens with two attached hydrogens (primary N) is 1. The van der Waals surface area contributed by atoms with Gasteiger partial charge in [0.2, 0.25) is 0 Å². The molecule has 3 heterocycles. The first-order chi connectivity index (χ1) is 14.6. The molecule has 5 N–H and O–H groups in total. The number of hydrogen-bond acceptors (Lipinski definition) is 4. The van der Waals surface area contributed by atoms with Crippen molar-refractivity contribution < 1.29 is 9.90 Å². The fourth-order valence-corrected chi connectivity index (χ4v) is 4.62. The molecular formula is C22H24N6O2. The summed E-state index contributed by atoms with van der Waals surface area (Å²) in [7, 11) is 0. The molecule has 1 aromatic carbocycles. The van der Waals surface area contributed by atoms with E-state index >= 15 is 0 Å². The van der Waals surface area contributed by atoms with Crippen molar-refractivity contribution in [3.05, 3.63) is 48.5 Å². The fraction of sp³-hybridized carbons (Fsp3) is 0.318. The van der Waals surface area contributed by atoms with Gasteiger partial charge in [0.25, 0.3) is 0 Å². The second-order valence-corrected chi connectivity index (χ2v) is 8.02. The number of para-hydroxylation sites is 1. The van der Waals surface area contributed by atoms with Crippen molar-refractivity contribution in [3.8, 4) is 11.4 Å². The van der Waals surface area contributed by atoms with E-state index in [0.29, 0.717) is 24.2 Å². The maximum Gasteiger partial charge on any atom is 0.404 e. The summed E-state index contributed by atoms with van der Waals surface area (Å²) in [6, 6.07) is 10.2. The molecule has 8 nitrogen and oxygen atoms in total. The largest absolute Gasteiger partial charge is 0.465 e. The quantitative estimate of drug-likeness (QED) is 0.410. The molecule has 1 fully saturated rings. The van der Waals surface area contributed by atoms with Gasteiger partial charge in [0, 0.05) is 35.8 Å². The summed E-state index contributed by atoms with van der Waals surface area (Å²) < 4.78 is 2.07. The molecular weight excluding hydrogens is 380 g/mol. The standard InChI is InChI=1S/C22H24N6O2/c23-20-19-18(17-11-15-3-1-2-4-16(15)26-17)27-21(28(19)10-9-24-20)14-7-5-13(6-8-14)12-25-22(29)30/h1-4,9-11,13-14,25-26H,5-8,12H2,(H2,23,24)(H,29,30)/t13-,14-. The lowest BCUT2D eigenvalue weighted by atomic mass is 9.81. The van der Waals surface area contributed by atoms with Crippen molar-refractivity contribution in [2.75, 3.05) is 12.3 Å². The van der Waals surface area contributed by atoms with E-state index in [2.05, 4.69) is 31.8 Å². The number of benzene rings is 1. The first-order valence-electron chi connectivity index (χ1n) is 10.3. The zero-order valence-corrected chi connectivity index (χ0v) is 16.5. The number of aromatic nitrogens is 4. The van der Waals surface area contributed by atoms with Crippen LogP contribution in [0.15, 0.2) is 42.7 Å². The van der Waals surface area contributed by atoms with Gasteiger partial charge >= 0.3 is 6.09 Å². The number of carbonyl (C=O) groups is 1. The predicted molar refractivity (Wildman–Crippen MR) is 115 cm³/mol. The third-order valence-electron chi connectivity index (χ3n) is 6.15. The molecule has 1 amide bonds. The molecule has 0 atom stereocenters. The van der Waals surface area contributed by atoms with E-state index in [1.807, 2.05) is 24.4 Å². The first kappa shape index (κ1) is 18.5. The Kier molecular flexibility index (Phi) is 4.54. The van der Waals surface area contributed by atoms with Gasteiger partial charge in [0.1, 0.15) is 22.9 Å². The molecule has 154 valence electrons. The number of fused-ring (bicyclic) bond motifs is 2. The van der Waals surface area contributed by atoms with E-state index in [0.717, 1.165) is 59.3 Å². The summed E-state index contributed by atoms with van der Waals surface area (Å²) in [4.78, 5) is 23.6. The van der Waals surface area contributed by atoms with Gasteiger partial charge in [-0.2, -0.15) is 0 Å². The van der Waals surface area contributed by atoms with Gasteiger partial charge in [-0.1, -0.05) is 18.2 Å². The molecule has 3 aromatic heterocycles. The van der Waals surface area contributed by atoms with Crippen LogP contribution in [0.4, 0.5) is 10.6 Å². The highest BCUT2D eigenvalue weighted by molar-refractivity contribution is 5.91. The van der Waals surface area contributed by atoms with Crippen LogP contribution in [-0.4, -0.2) is 37.1 Å². The minimum atomic E-state index is -0.956. The van der Waals surface area contributed by atoms with Crippen molar-refractivity contribution in [3.63, 3.8) is 0 Å². The molecule has 5 rings (SSSR count). The molecule has 1 aliphatic carbocycles. The van der Waals surface area contributed by atoms with E-state index in [1.165, 1.54) is 0 Å². The number of rotatable bonds is 4. The molecule has 8 heteroatoms. The van der Waals surface area contributed by atoms with Crippen LogP contribution < -0.4 is 11.1 Å². The fourth-order valence-electron chi connectivity index (χ4n) is 4.62. The number of carboxylic acid groups (broad SMARTS) is 1. The zero-order chi connectivity index (χ0) is 20.7. The summed E-state index contributed by atoms with van der Waals surface area (Å²) in [5, 5.41) is 12.5. The van der Waals surface area contributed by atoms with E-state index < -0.39 is 6.09 Å². The van der Waals surface area contributed by atoms with Gasteiger partial charge in [-0.25, -0.2) is 14.8 Å². The Morgan fingerprint density at radius 1 is 1.27 bits per heavy atom. The Hall–Kier alpha value is -3.55. The Labute approximate surface area is 173 Å². The molecule has 1 aliphatic rings. The SMILES string of the molecule is Nc1nccn2c1c(-c1cc3ccccc3[nH]1)nc2[C@H]1CC[C@H](CNC(=O)O)CC1. The lowest BCUT2D eigenvalue weighted by Gasteiger charge is -2.27. The van der Waals surface area contributed by atoms with Crippen LogP contribution >= 0.6 is 0 Å². The van der Waals surface area contributed by atoms with Gasteiger partial charge in [-0.3, -0.25) is 4.40 Å². The van der Waals surface area contributed by atoms with Gasteiger partial charge < -0.3 is 21.1 Å². The van der Waals surface area contributed by atoms with E-state index in [9.17, 15) is 4.79 Å². The summed E-state index contributed by atoms with van der Waals surface area (Å²) in [6.07, 6.45) is 6.58. The molecule has 0 aliphatic heterocycles. The smallest absolute Gasteiger partial charge is 0.404 e. The Balaban J connectivity index is 1.50. The van der Waals surface area contributed by atoms with Crippen LogP contribution in [0.5, 0.6) is 0 Å². The molecule has 0 unspecified atom stereocenters. The Morgan fingerprint density at radius 3 is 2.83 bits per heavy atom. The number of aromatic amines is 1. The van der Waals surface area contributed by atoms with Crippen molar-refractivity contribution in [2.45, 2.75) is 31.6 Å². The minimum Gasteiger partial charge on any atom is -0.465 e. The van der Waals surface area contributed by atoms with Crippen LogP contribution in [-0.2, 0) is 0 Å². The molecule has 0 bridgehead atoms. The molecule has 1 saturated carbocycles. The zero-order valence-electron chi connectivity index (χ0n) is 16.5. The molecule has 4 aromatic rings. The summed E-state index contributed by atoms with van der Waals surface area (Å²) in [5.74, 6) is 2.14. The molecule has 0 spiro atoms. The second kappa shape index (κ2) is 7.37. The number of nitrogen functional groups attached to an aromatic ring is 1. The normalized spacial score (nSPS) is 19.3. The Bertz CT molecular complexity index is 1190. The number of amides is 1. The highest BCUT2D eigenvalue weighted by Crippen LogP contribution is 2.38. The average molecular weight is 404 g/mol. The number of imidazole rings is 1. The average Bonchev–Trinajstić information content (AvgIpc) is 3.35. The van der Waals surface area contributed by atoms with Crippen LogP contribution in [0.2, 0.25) is 0 Å². The predicted octanol–water partition coefficient (Wildman–Crippen LogP) is 4.00. The van der Waals surface area contributed by atoms with E-state index in [4.69, 9.17) is 15.8 Å². The minimum absolute atomic E-state index is 0.304. The van der Waals surface area contributed by atoms with Crippen LogP contribution in [0, 0.1) is 5.92 Å². The van der Waals surface area contributed by atoms with Crippen LogP contribution in [0.3, 0.4) is 0 Å². The maximum atomic E-state index is 10.8. The number of nitrogens with one attached hydrogen (secondary N) is 2. The third-order valence-corrected chi connectivity index (χ3v) is 6.15. The lowest BCUT2D eigenvalue weighted by molar-refractivity contribution is 0.189. The van der Waals surface area contributed by atoms with Crippen LogP contribution in [0.1, 0.15) is 37.4 Å². The van der Waals surface area contributed by atoms with Crippen molar-refractivity contribution in [1.29, 1.82) is 0 Å². The number of H-pyrrole nitrogens is 1. The Morgan fingerprint density at radius 2 is 2.07 bits per heavy atom. The van der Waals surface area contributed by atoms with E-state index in [1.54, 1.807) is 6.20 Å². The van der Waals surface area contributed by atoms with Gasteiger partial charge in [-0.15, -0.1) is 0 Å². The molecule has 0 radical (unpaired) electrons. The maximum absolute atomic E-state index is 10.8. The number of anilines is 1. The van der Waals surface area contributed by atoms with Crippen LogP contribution in [0.25, 0.3) is 27.8 Å². The second-order valence-electron chi connectivity index (χ2n) is 8.02. The third kappa shape index (κ3) is 3.24. The van der Waals surface area contributed by atoms with Gasteiger partial charge in [-0.05, 0) is 43.7 Å². The first-order valence-corrected chi connectivity index (χ1v) is 10.3. The molecule has 30 heavy (non-hydrogen) atoms. The lowest BCUT2D eigenvalue weighted by Crippen LogP contribution is -2.30. The highest BCUT2D eigenvalue weighted by Gasteiger charge is 2.28. The van der Waals surface area contributed by atoms with Crippen molar-refractivity contribution in [1.82, 2.24) is 24.7 Å². The summed E-state index contributed by atoms with van der Waals surface area (Å²) in [5.41, 5.74) is 9.91.